The van der Waals surface area contributed by atoms with Gasteiger partial charge in [-0.1, -0.05) is 6.42 Å². The van der Waals surface area contributed by atoms with Crippen molar-refractivity contribution in [1.29, 1.82) is 0 Å². The maximum absolute atomic E-state index is 6.18. The second-order valence-corrected chi connectivity index (χ2v) is 9.25. The first kappa shape index (κ1) is 12.9. The van der Waals surface area contributed by atoms with Gasteiger partial charge in [0.2, 0.25) is 0 Å². The van der Waals surface area contributed by atoms with E-state index < -0.39 is 8.56 Å². The van der Waals surface area contributed by atoms with Gasteiger partial charge in [0.25, 0.3) is 0 Å². The molecule has 2 nitrogen and oxygen atoms in total. The van der Waals surface area contributed by atoms with Gasteiger partial charge < -0.3 is 8.85 Å². The summed E-state index contributed by atoms with van der Waals surface area (Å²) in [6.45, 7) is 5.78. The lowest BCUT2D eigenvalue weighted by atomic mass is 9.98. The van der Waals surface area contributed by atoms with Gasteiger partial charge in [-0.2, -0.15) is 0 Å². The predicted octanol–water partition coefficient (Wildman–Crippen LogP) is 3.83. The van der Waals surface area contributed by atoms with Crippen molar-refractivity contribution in [3.8, 4) is 0 Å². The molecule has 94 valence electrons. The molecule has 2 fully saturated rings. The zero-order valence-corrected chi connectivity index (χ0v) is 12.1. The van der Waals surface area contributed by atoms with Crippen molar-refractivity contribution in [3.63, 3.8) is 0 Å². The van der Waals surface area contributed by atoms with E-state index in [2.05, 4.69) is 13.8 Å². The summed E-state index contributed by atoms with van der Waals surface area (Å²) in [5, 5.41) is 0.373. The summed E-state index contributed by atoms with van der Waals surface area (Å²) >= 11 is 6.13. The molecule has 16 heavy (non-hydrogen) atoms. The van der Waals surface area contributed by atoms with Gasteiger partial charge in [0.15, 0.2) is 0 Å². The predicted molar refractivity (Wildman–Crippen MR) is 69.2 cm³/mol. The van der Waals surface area contributed by atoms with Crippen LogP contribution in [0.15, 0.2) is 0 Å². The third-order valence-corrected chi connectivity index (χ3v) is 9.22. The van der Waals surface area contributed by atoms with Gasteiger partial charge >= 0.3 is 8.56 Å². The molecule has 2 rings (SSSR count). The van der Waals surface area contributed by atoms with Crippen LogP contribution in [0.25, 0.3) is 0 Å². The van der Waals surface area contributed by atoms with E-state index >= 15 is 0 Å². The molecule has 0 amide bonds. The molecule has 0 saturated heterocycles. The smallest absolute Gasteiger partial charge is 0.344 e. The zero-order chi connectivity index (χ0) is 11.6. The third kappa shape index (κ3) is 2.19. The summed E-state index contributed by atoms with van der Waals surface area (Å²) in [5.41, 5.74) is 1.39. The summed E-state index contributed by atoms with van der Waals surface area (Å²) in [7, 11) is -1.95. The van der Waals surface area contributed by atoms with Crippen LogP contribution >= 0.6 is 11.6 Å². The van der Waals surface area contributed by atoms with Crippen molar-refractivity contribution in [3.05, 3.63) is 0 Å². The molecule has 2 aliphatic rings. The maximum atomic E-state index is 6.18. The van der Waals surface area contributed by atoms with Crippen LogP contribution in [0.2, 0.25) is 11.1 Å². The summed E-state index contributed by atoms with van der Waals surface area (Å²) in [6.07, 6.45) is 6.22. The summed E-state index contributed by atoms with van der Waals surface area (Å²) < 4.78 is 12.4. The number of halogens is 1. The van der Waals surface area contributed by atoms with Gasteiger partial charge in [-0.25, -0.2) is 0 Å². The molecule has 0 radical (unpaired) electrons. The second-order valence-electron chi connectivity index (χ2n) is 4.98. The van der Waals surface area contributed by atoms with Gasteiger partial charge in [-0.15, -0.1) is 11.6 Å². The van der Waals surface area contributed by atoms with E-state index in [4.69, 9.17) is 20.5 Å². The van der Waals surface area contributed by atoms with Gasteiger partial charge in [-0.05, 0) is 39.5 Å². The van der Waals surface area contributed by atoms with Crippen molar-refractivity contribution in [2.75, 3.05) is 13.2 Å². The lowest BCUT2D eigenvalue weighted by Gasteiger charge is -2.50. The van der Waals surface area contributed by atoms with Gasteiger partial charge in [0.1, 0.15) is 0 Å². The zero-order valence-electron chi connectivity index (χ0n) is 10.4. The van der Waals surface area contributed by atoms with Crippen molar-refractivity contribution >= 4 is 20.2 Å². The molecule has 2 saturated carbocycles. The summed E-state index contributed by atoms with van der Waals surface area (Å²) in [6, 6.07) is 0. The van der Waals surface area contributed by atoms with Gasteiger partial charge in [0, 0.05) is 29.7 Å². The van der Waals surface area contributed by atoms with Gasteiger partial charge in [0.05, 0.1) is 0 Å². The van der Waals surface area contributed by atoms with E-state index in [1.54, 1.807) is 0 Å². The molecule has 0 unspecified atom stereocenters. The highest BCUT2D eigenvalue weighted by atomic mass is 35.5. The summed E-state index contributed by atoms with van der Waals surface area (Å²) in [5.74, 6) is 0. The average Bonchev–Trinajstić information content (AvgIpc) is 2.10. The molecule has 0 heterocycles. The normalized spacial score (nSPS) is 30.9. The highest BCUT2D eigenvalue weighted by Gasteiger charge is 2.57. The van der Waals surface area contributed by atoms with Crippen LogP contribution in [-0.4, -0.2) is 27.2 Å². The van der Waals surface area contributed by atoms with E-state index in [1.807, 2.05) is 0 Å². The molecule has 2 aliphatic carbocycles. The van der Waals surface area contributed by atoms with Crippen molar-refractivity contribution in [2.24, 2.45) is 0 Å². The Morgan fingerprint density at radius 2 is 1.62 bits per heavy atom. The average molecular weight is 263 g/mol. The second kappa shape index (κ2) is 5.38. The largest absolute Gasteiger partial charge is 0.394 e. The molecule has 0 N–H and O–H groups in total. The fourth-order valence-electron chi connectivity index (χ4n) is 2.99. The molecule has 0 aromatic rings. The minimum absolute atomic E-state index is 0.373. The van der Waals surface area contributed by atoms with Crippen LogP contribution < -0.4 is 0 Å². The van der Waals surface area contributed by atoms with E-state index in [1.165, 1.54) is 19.3 Å². The molecule has 0 aliphatic heterocycles. The van der Waals surface area contributed by atoms with E-state index in [9.17, 15) is 0 Å². The molecule has 0 atom stereocenters. The highest BCUT2D eigenvalue weighted by molar-refractivity contribution is 6.71. The Hall–Kier alpha value is 0.427. The Morgan fingerprint density at radius 3 is 1.94 bits per heavy atom. The minimum Gasteiger partial charge on any atom is -0.394 e. The Morgan fingerprint density at radius 1 is 1.06 bits per heavy atom. The first-order valence-electron chi connectivity index (χ1n) is 6.64. The van der Waals surface area contributed by atoms with E-state index in [0.717, 1.165) is 31.6 Å². The fourth-order valence-corrected chi connectivity index (χ4v) is 8.75. The SMILES string of the molecule is CCO[Si](OCC)(C1CCC1)C1CC(Cl)C1. The quantitative estimate of drug-likeness (QED) is 0.535. The Labute approximate surface area is 105 Å². The maximum Gasteiger partial charge on any atom is 0.344 e. The number of alkyl halides is 1. The Balaban J connectivity index is 2.07. The lowest BCUT2D eigenvalue weighted by molar-refractivity contribution is 0.135. The van der Waals surface area contributed by atoms with Gasteiger partial charge in [-0.3, -0.25) is 0 Å². The molecule has 4 heteroatoms. The molecular weight excluding hydrogens is 240 g/mol. The van der Waals surface area contributed by atoms with E-state index in [0.29, 0.717) is 10.9 Å². The molecule has 0 aromatic carbocycles. The Bertz CT molecular complexity index is 221. The first-order chi connectivity index (χ1) is 7.73. The fraction of sp³-hybridized carbons (Fsp3) is 1.00. The minimum atomic E-state index is -1.95. The van der Waals surface area contributed by atoms with Crippen molar-refractivity contribution in [2.45, 2.75) is 62.4 Å². The van der Waals surface area contributed by atoms with Crippen LogP contribution in [-0.2, 0) is 8.85 Å². The number of hydrogen-bond acceptors (Lipinski definition) is 2. The number of rotatable bonds is 6. The monoisotopic (exact) mass is 262 g/mol. The molecule has 0 aromatic heterocycles. The molecule has 0 bridgehead atoms. The molecule has 0 spiro atoms. The first-order valence-corrected chi connectivity index (χ1v) is 9.05. The topological polar surface area (TPSA) is 18.5 Å². The standard InChI is InChI=1S/C12H23ClO2Si/c1-3-14-16(15-4-2,11-6-5-7-11)12-8-10(13)9-12/h10-12H,3-9H2,1-2H3. The summed E-state index contributed by atoms with van der Waals surface area (Å²) in [4.78, 5) is 0. The van der Waals surface area contributed by atoms with Crippen molar-refractivity contribution < 1.29 is 8.85 Å². The molecular formula is C12H23ClO2Si. The highest BCUT2D eigenvalue weighted by Crippen LogP contribution is 2.54. The lowest BCUT2D eigenvalue weighted by Crippen LogP contribution is -2.56. The van der Waals surface area contributed by atoms with Crippen LogP contribution in [0, 0.1) is 0 Å². The van der Waals surface area contributed by atoms with Crippen LogP contribution in [0.4, 0.5) is 0 Å². The van der Waals surface area contributed by atoms with Crippen LogP contribution in [0.5, 0.6) is 0 Å². The van der Waals surface area contributed by atoms with Crippen LogP contribution in [0.1, 0.15) is 46.0 Å². The van der Waals surface area contributed by atoms with Crippen molar-refractivity contribution in [1.82, 2.24) is 0 Å². The third-order valence-electron chi connectivity index (χ3n) is 4.06. The Kier molecular flexibility index (Phi) is 4.33. The van der Waals surface area contributed by atoms with Crippen LogP contribution in [0.3, 0.4) is 0 Å². The number of hydrogen-bond donors (Lipinski definition) is 0. The van der Waals surface area contributed by atoms with E-state index in [-0.39, 0.29) is 0 Å².